The number of hydrogen-bond acceptors (Lipinski definition) is 2. The molecule has 0 aliphatic carbocycles. The molecule has 0 amide bonds. The first-order chi connectivity index (χ1) is 8.63. The first-order valence-electron chi connectivity index (χ1n) is 5.88. The SMILES string of the molecule is COc1cc(F)c(C(Cl)C2CCOCC2)c(F)c1. The van der Waals surface area contributed by atoms with Crippen molar-refractivity contribution in [3.63, 3.8) is 0 Å². The minimum atomic E-state index is -0.667. The van der Waals surface area contributed by atoms with Gasteiger partial charge in [-0.15, -0.1) is 11.6 Å². The van der Waals surface area contributed by atoms with Gasteiger partial charge in [-0.2, -0.15) is 0 Å². The van der Waals surface area contributed by atoms with Crippen molar-refractivity contribution in [1.82, 2.24) is 0 Å². The van der Waals surface area contributed by atoms with Crippen LogP contribution in [-0.4, -0.2) is 20.3 Å². The Morgan fingerprint density at radius 1 is 1.28 bits per heavy atom. The van der Waals surface area contributed by atoms with Crippen LogP contribution in [0.25, 0.3) is 0 Å². The molecule has 1 fully saturated rings. The quantitative estimate of drug-likeness (QED) is 0.784. The van der Waals surface area contributed by atoms with E-state index in [4.69, 9.17) is 21.1 Å². The molecule has 0 N–H and O–H groups in total. The van der Waals surface area contributed by atoms with Gasteiger partial charge in [0.25, 0.3) is 0 Å². The summed E-state index contributed by atoms with van der Waals surface area (Å²) in [5.74, 6) is -1.11. The molecule has 0 saturated carbocycles. The van der Waals surface area contributed by atoms with Crippen molar-refractivity contribution in [2.24, 2.45) is 5.92 Å². The van der Waals surface area contributed by atoms with Gasteiger partial charge < -0.3 is 9.47 Å². The lowest BCUT2D eigenvalue weighted by Gasteiger charge is -2.27. The zero-order chi connectivity index (χ0) is 13.1. The Morgan fingerprint density at radius 3 is 2.33 bits per heavy atom. The fourth-order valence-electron chi connectivity index (χ4n) is 2.19. The standard InChI is InChI=1S/C13H15ClF2O2/c1-17-9-6-10(15)12(11(16)7-9)13(14)8-2-4-18-5-3-8/h6-8,13H,2-5H2,1H3. The summed E-state index contributed by atoms with van der Waals surface area (Å²) >= 11 is 6.21. The lowest BCUT2D eigenvalue weighted by atomic mass is 9.91. The van der Waals surface area contributed by atoms with Crippen LogP contribution >= 0.6 is 11.6 Å². The molecule has 1 heterocycles. The summed E-state index contributed by atoms with van der Waals surface area (Å²) in [4.78, 5) is 0. The van der Waals surface area contributed by atoms with Crippen molar-refractivity contribution < 1.29 is 18.3 Å². The fraction of sp³-hybridized carbons (Fsp3) is 0.538. The molecular weight excluding hydrogens is 262 g/mol. The molecule has 0 bridgehead atoms. The Labute approximate surface area is 110 Å². The van der Waals surface area contributed by atoms with Crippen molar-refractivity contribution in [2.75, 3.05) is 20.3 Å². The highest BCUT2D eigenvalue weighted by Crippen LogP contribution is 2.38. The molecule has 1 saturated heterocycles. The molecule has 1 atom stereocenters. The largest absolute Gasteiger partial charge is 0.497 e. The van der Waals surface area contributed by atoms with Crippen LogP contribution in [0.1, 0.15) is 23.8 Å². The van der Waals surface area contributed by atoms with Crippen molar-refractivity contribution in [3.05, 3.63) is 29.3 Å². The predicted molar refractivity (Wildman–Crippen MR) is 65.0 cm³/mol. The van der Waals surface area contributed by atoms with E-state index in [1.165, 1.54) is 7.11 Å². The van der Waals surface area contributed by atoms with E-state index in [0.29, 0.717) is 13.2 Å². The maximum Gasteiger partial charge on any atom is 0.134 e. The van der Waals surface area contributed by atoms with Crippen LogP contribution in [-0.2, 0) is 4.74 Å². The van der Waals surface area contributed by atoms with Crippen LogP contribution in [0.5, 0.6) is 5.75 Å². The number of hydrogen-bond donors (Lipinski definition) is 0. The van der Waals surface area contributed by atoms with E-state index in [1.54, 1.807) is 0 Å². The first-order valence-corrected chi connectivity index (χ1v) is 6.32. The third kappa shape index (κ3) is 2.75. The van der Waals surface area contributed by atoms with Gasteiger partial charge in [0, 0.05) is 30.9 Å². The summed E-state index contributed by atoms with van der Waals surface area (Å²) in [5.41, 5.74) is -0.0654. The predicted octanol–water partition coefficient (Wildman–Crippen LogP) is 3.68. The maximum atomic E-state index is 13.9. The number of halogens is 3. The van der Waals surface area contributed by atoms with E-state index >= 15 is 0 Å². The lowest BCUT2D eigenvalue weighted by molar-refractivity contribution is 0.0645. The van der Waals surface area contributed by atoms with Crippen molar-refractivity contribution >= 4 is 11.6 Å². The van der Waals surface area contributed by atoms with Crippen molar-refractivity contribution in [2.45, 2.75) is 18.2 Å². The molecule has 1 aliphatic heterocycles. The van der Waals surface area contributed by atoms with Crippen LogP contribution in [0.4, 0.5) is 8.78 Å². The molecule has 100 valence electrons. The molecule has 2 rings (SSSR count). The highest BCUT2D eigenvalue weighted by molar-refractivity contribution is 6.21. The van der Waals surface area contributed by atoms with E-state index < -0.39 is 17.0 Å². The summed E-state index contributed by atoms with van der Waals surface area (Å²) in [6.07, 6.45) is 1.44. The van der Waals surface area contributed by atoms with Crippen molar-refractivity contribution in [1.29, 1.82) is 0 Å². The second-order valence-electron chi connectivity index (χ2n) is 4.36. The van der Waals surface area contributed by atoms with Gasteiger partial charge in [-0.05, 0) is 18.8 Å². The number of methoxy groups -OCH3 is 1. The number of benzene rings is 1. The molecule has 1 aliphatic rings. The van der Waals surface area contributed by atoms with Gasteiger partial charge in [-0.1, -0.05) is 0 Å². The Bertz CT molecular complexity index is 396. The Hall–Kier alpha value is -0.870. The minimum Gasteiger partial charge on any atom is -0.497 e. The van der Waals surface area contributed by atoms with Gasteiger partial charge >= 0.3 is 0 Å². The molecule has 1 unspecified atom stereocenters. The van der Waals surface area contributed by atoms with Crippen LogP contribution in [0.2, 0.25) is 0 Å². The van der Waals surface area contributed by atoms with Crippen molar-refractivity contribution in [3.8, 4) is 5.75 Å². The van der Waals surface area contributed by atoms with Gasteiger partial charge in [0.15, 0.2) is 0 Å². The summed E-state index contributed by atoms with van der Waals surface area (Å²) in [6, 6.07) is 2.32. The summed E-state index contributed by atoms with van der Waals surface area (Å²) < 4.78 is 37.8. The number of alkyl halides is 1. The van der Waals surface area contributed by atoms with Crippen LogP contribution in [0, 0.1) is 17.6 Å². The minimum absolute atomic E-state index is 0.0396. The fourth-order valence-corrected chi connectivity index (χ4v) is 2.65. The normalized spacial score (nSPS) is 18.7. The highest BCUT2D eigenvalue weighted by atomic mass is 35.5. The molecule has 18 heavy (non-hydrogen) atoms. The smallest absolute Gasteiger partial charge is 0.134 e. The molecule has 0 aromatic heterocycles. The summed E-state index contributed by atoms with van der Waals surface area (Å²) in [5, 5.41) is -0.667. The Balaban J connectivity index is 2.26. The summed E-state index contributed by atoms with van der Waals surface area (Å²) in [7, 11) is 1.37. The van der Waals surface area contributed by atoms with E-state index in [1.807, 2.05) is 0 Å². The third-order valence-electron chi connectivity index (χ3n) is 3.24. The monoisotopic (exact) mass is 276 g/mol. The molecule has 2 nitrogen and oxygen atoms in total. The molecule has 1 aromatic carbocycles. The second-order valence-corrected chi connectivity index (χ2v) is 4.83. The van der Waals surface area contributed by atoms with Crippen LogP contribution in [0.3, 0.4) is 0 Å². The van der Waals surface area contributed by atoms with Crippen LogP contribution < -0.4 is 4.74 Å². The molecule has 1 aromatic rings. The average molecular weight is 277 g/mol. The highest BCUT2D eigenvalue weighted by Gasteiger charge is 2.28. The molecule has 0 spiro atoms. The van der Waals surface area contributed by atoms with Gasteiger partial charge in [0.2, 0.25) is 0 Å². The van der Waals surface area contributed by atoms with E-state index in [2.05, 4.69) is 0 Å². The van der Waals surface area contributed by atoms with Crippen LogP contribution in [0.15, 0.2) is 12.1 Å². The summed E-state index contributed by atoms with van der Waals surface area (Å²) in [6.45, 7) is 1.18. The van der Waals surface area contributed by atoms with Gasteiger partial charge in [0.05, 0.1) is 12.5 Å². The number of ether oxygens (including phenoxy) is 2. The lowest BCUT2D eigenvalue weighted by Crippen LogP contribution is -2.20. The molecule has 0 radical (unpaired) electrons. The maximum absolute atomic E-state index is 13.9. The Kier molecular flexibility index (Phi) is 4.40. The molecular formula is C13H15ClF2O2. The number of rotatable bonds is 3. The van der Waals surface area contributed by atoms with E-state index in [9.17, 15) is 8.78 Å². The third-order valence-corrected chi connectivity index (χ3v) is 3.82. The first kappa shape index (κ1) is 13.6. The average Bonchev–Trinajstić information content (AvgIpc) is 2.38. The molecule has 5 heteroatoms. The Morgan fingerprint density at radius 2 is 1.83 bits per heavy atom. The second kappa shape index (κ2) is 5.85. The topological polar surface area (TPSA) is 18.5 Å². The van der Waals surface area contributed by atoms with Gasteiger partial charge in [0.1, 0.15) is 17.4 Å². The van der Waals surface area contributed by atoms with E-state index in [-0.39, 0.29) is 17.2 Å². The zero-order valence-corrected chi connectivity index (χ0v) is 10.8. The van der Waals surface area contributed by atoms with E-state index in [0.717, 1.165) is 25.0 Å². The van der Waals surface area contributed by atoms with Gasteiger partial charge in [-0.3, -0.25) is 0 Å². The van der Waals surface area contributed by atoms with Gasteiger partial charge in [-0.25, -0.2) is 8.78 Å². The zero-order valence-electron chi connectivity index (χ0n) is 10.1.